The van der Waals surface area contributed by atoms with Gasteiger partial charge in [-0.15, -0.1) is 0 Å². The smallest absolute Gasteiger partial charge is 0.102 e. The van der Waals surface area contributed by atoms with E-state index in [1.807, 2.05) is 25.1 Å². The molecule has 0 amide bonds. The molecule has 2 N–H and O–H groups in total. The van der Waals surface area contributed by atoms with E-state index >= 15 is 0 Å². The zero-order valence-electron chi connectivity index (χ0n) is 12.2. The molecule has 106 valence electrons. The summed E-state index contributed by atoms with van der Waals surface area (Å²) in [6.45, 7) is 3.18. The fourth-order valence-corrected chi connectivity index (χ4v) is 3.86. The van der Waals surface area contributed by atoms with Crippen molar-refractivity contribution in [1.29, 1.82) is 5.26 Å². The van der Waals surface area contributed by atoms with Crippen LogP contribution < -0.4 is 10.6 Å². The minimum atomic E-state index is 0.513. The molecule has 1 saturated carbocycles. The second-order valence-corrected chi connectivity index (χ2v) is 6.16. The maximum atomic E-state index is 9.35. The van der Waals surface area contributed by atoms with E-state index in [4.69, 9.17) is 0 Å². The van der Waals surface area contributed by atoms with Crippen molar-refractivity contribution in [2.45, 2.75) is 51.1 Å². The van der Waals surface area contributed by atoms with Crippen LogP contribution in [0.4, 0.5) is 5.69 Å². The Hall–Kier alpha value is -1.53. The van der Waals surface area contributed by atoms with Crippen LogP contribution in [0.25, 0.3) is 0 Å². The van der Waals surface area contributed by atoms with Gasteiger partial charge in [0, 0.05) is 12.1 Å². The van der Waals surface area contributed by atoms with Crippen LogP contribution in [0.1, 0.15) is 43.2 Å². The van der Waals surface area contributed by atoms with E-state index in [2.05, 4.69) is 16.7 Å². The summed E-state index contributed by atoms with van der Waals surface area (Å²) in [7, 11) is 0. The van der Waals surface area contributed by atoms with Crippen molar-refractivity contribution >= 4 is 5.69 Å². The number of anilines is 1. The number of nitrogens with one attached hydrogen (secondary N) is 2. The second-order valence-electron chi connectivity index (χ2n) is 6.16. The summed E-state index contributed by atoms with van der Waals surface area (Å²) in [6.07, 6.45) is 6.45. The molecule has 1 saturated heterocycles. The van der Waals surface area contributed by atoms with Crippen molar-refractivity contribution < 1.29 is 0 Å². The molecule has 20 heavy (non-hydrogen) atoms. The fourth-order valence-electron chi connectivity index (χ4n) is 3.86. The predicted octanol–water partition coefficient (Wildman–Crippen LogP) is 3.20. The molecule has 1 aliphatic carbocycles. The van der Waals surface area contributed by atoms with Crippen LogP contribution in [-0.4, -0.2) is 18.6 Å². The molecule has 1 aromatic carbocycles. The molecule has 1 aromatic rings. The van der Waals surface area contributed by atoms with Gasteiger partial charge < -0.3 is 10.6 Å². The topological polar surface area (TPSA) is 47.8 Å². The number of aryl methyl sites for hydroxylation is 1. The third-order valence-corrected chi connectivity index (χ3v) is 4.91. The van der Waals surface area contributed by atoms with Crippen LogP contribution in [0.2, 0.25) is 0 Å². The van der Waals surface area contributed by atoms with Gasteiger partial charge in [0.2, 0.25) is 0 Å². The van der Waals surface area contributed by atoms with Gasteiger partial charge in [0.1, 0.15) is 6.07 Å². The van der Waals surface area contributed by atoms with Crippen molar-refractivity contribution in [3.8, 4) is 6.07 Å². The van der Waals surface area contributed by atoms with Crippen LogP contribution in [-0.2, 0) is 0 Å². The SMILES string of the molecule is Cc1cccc(NC2CCCC2C2CCCN2)c1C#N. The summed E-state index contributed by atoms with van der Waals surface area (Å²) in [5.41, 5.74) is 2.88. The standard InChI is InChI=1S/C17H23N3/c1-12-5-2-7-17(14(12)11-18)20-16-8-3-6-13(16)15-9-4-10-19-15/h2,5,7,13,15-16,19-20H,3-4,6,8-10H2,1H3. The van der Waals surface area contributed by atoms with Gasteiger partial charge in [0.05, 0.1) is 11.3 Å². The lowest BCUT2D eigenvalue weighted by Crippen LogP contribution is -2.38. The average molecular weight is 269 g/mol. The molecule has 1 heterocycles. The number of rotatable bonds is 3. The molecule has 0 radical (unpaired) electrons. The quantitative estimate of drug-likeness (QED) is 0.886. The zero-order valence-corrected chi connectivity index (χ0v) is 12.2. The van der Waals surface area contributed by atoms with Crippen LogP contribution in [0.5, 0.6) is 0 Å². The highest BCUT2D eigenvalue weighted by molar-refractivity contribution is 5.61. The van der Waals surface area contributed by atoms with Gasteiger partial charge in [0.15, 0.2) is 0 Å². The van der Waals surface area contributed by atoms with E-state index in [1.165, 1.54) is 38.6 Å². The molecule has 3 unspecified atom stereocenters. The van der Waals surface area contributed by atoms with Gasteiger partial charge in [-0.25, -0.2) is 0 Å². The van der Waals surface area contributed by atoms with Crippen molar-refractivity contribution in [2.75, 3.05) is 11.9 Å². The Bertz CT molecular complexity index is 511. The first-order valence-electron chi connectivity index (χ1n) is 7.79. The number of nitrogens with zero attached hydrogens (tertiary/aromatic N) is 1. The summed E-state index contributed by atoms with van der Waals surface area (Å²) in [4.78, 5) is 0. The van der Waals surface area contributed by atoms with E-state index in [0.717, 1.165) is 16.8 Å². The first-order valence-corrected chi connectivity index (χ1v) is 7.79. The van der Waals surface area contributed by atoms with E-state index in [1.54, 1.807) is 0 Å². The summed E-state index contributed by atoms with van der Waals surface area (Å²) in [6, 6.07) is 9.62. The monoisotopic (exact) mass is 269 g/mol. The summed E-state index contributed by atoms with van der Waals surface area (Å²) < 4.78 is 0. The van der Waals surface area contributed by atoms with Gasteiger partial charge in [-0.3, -0.25) is 0 Å². The maximum absolute atomic E-state index is 9.35. The summed E-state index contributed by atoms with van der Waals surface area (Å²) >= 11 is 0. The highest BCUT2D eigenvalue weighted by Crippen LogP contribution is 2.34. The molecule has 3 rings (SSSR count). The Balaban J connectivity index is 1.77. The first-order chi connectivity index (χ1) is 9.79. The van der Waals surface area contributed by atoms with Crippen molar-refractivity contribution in [2.24, 2.45) is 5.92 Å². The Morgan fingerprint density at radius 1 is 1.25 bits per heavy atom. The lowest BCUT2D eigenvalue weighted by Gasteiger charge is -2.27. The van der Waals surface area contributed by atoms with Gasteiger partial charge in [0.25, 0.3) is 0 Å². The highest BCUT2D eigenvalue weighted by atomic mass is 15.0. The zero-order chi connectivity index (χ0) is 13.9. The van der Waals surface area contributed by atoms with Crippen molar-refractivity contribution in [3.05, 3.63) is 29.3 Å². The Morgan fingerprint density at radius 3 is 2.90 bits per heavy atom. The van der Waals surface area contributed by atoms with Gasteiger partial charge in [-0.1, -0.05) is 18.6 Å². The molecule has 3 heteroatoms. The maximum Gasteiger partial charge on any atom is 0.102 e. The van der Waals surface area contributed by atoms with Gasteiger partial charge in [-0.2, -0.15) is 5.26 Å². The molecule has 1 aliphatic heterocycles. The van der Waals surface area contributed by atoms with E-state index in [9.17, 15) is 5.26 Å². The third-order valence-electron chi connectivity index (χ3n) is 4.91. The van der Waals surface area contributed by atoms with Crippen molar-refractivity contribution in [3.63, 3.8) is 0 Å². The molecule has 0 bridgehead atoms. The highest BCUT2D eigenvalue weighted by Gasteiger charge is 2.35. The average Bonchev–Trinajstić information content (AvgIpc) is 3.09. The third kappa shape index (κ3) is 2.53. The van der Waals surface area contributed by atoms with Crippen LogP contribution in [0.15, 0.2) is 18.2 Å². The molecule has 2 fully saturated rings. The second kappa shape index (κ2) is 5.85. The van der Waals surface area contributed by atoms with Gasteiger partial charge in [-0.05, 0) is 56.7 Å². The fraction of sp³-hybridized carbons (Fsp3) is 0.588. The number of nitriles is 1. The molecular weight excluding hydrogens is 246 g/mol. The molecule has 3 nitrogen and oxygen atoms in total. The molecular formula is C17H23N3. The number of hydrogen-bond donors (Lipinski definition) is 2. The first kappa shape index (κ1) is 13.5. The number of benzene rings is 1. The lowest BCUT2D eigenvalue weighted by molar-refractivity contribution is 0.376. The molecule has 3 atom stereocenters. The molecule has 2 aliphatic rings. The largest absolute Gasteiger partial charge is 0.381 e. The normalized spacial score (nSPS) is 29.3. The van der Waals surface area contributed by atoms with Crippen LogP contribution >= 0.6 is 0 Å². The molecule has 0 aromatic heterocycles. The minimum absolute atomic E-state index is 0.513. The number of hydrogen-bond acceptors (Lipinski definition) is 3. The van der Waals surface area contributed by atoms with Crippen molar-refractivity contribution in [1.82, 2.24) is 5.32 Å². The van der Waals surface area contributed by atoms with Gasteiger partial charge >= 0.3 is 0 Å². The van der Waals surface area contributed by atoms with E-state index in [0.29, 0.717) is 18.0 Å². The van der Waals surface area contributed by atoms with E-state index in [-0.39, 0.29) is 0 Å². The summed E-state index contributed by atoms with van der Waals surface area (Å²) in [5.74, 6) is 0.713. The lowest BCUT2D eigenvalue weighted by atomic mass is 9.92. The predicted molar refractivity (Wildman–Crippen MR) is 81.7 cm³/mol. The Kier molecular flexibility index (Phi) is 3.93. The Labute approximate surface area is 121 Å². The minimum Gasteiger partial charge on any atom is -0.381 e. The molecule has 0 spiro atoms. The van der Waals surface area contributed by atoms with Crippen LogP contribution in [0, 0.1) is 24.2 Å². The Morgan fingerprint density at radius 2 is 2.15 bits per heavy atom. The van der Waals surface area contributed by atoms with E-state index < -0.39 is 0 Å². The van der Waals surface area contributed by atoms with Crippen LogP contribution in [0.3, 0.4) is 0 Å². The summed E-state index contributed by atoms with van der Waals surface area (Å²) in [5, 5.41) is 16.7.